The lowest BCUT2D eigenvalue weighted by molar-refractivity contribution is 0.103. The zero-order valence-electron chi connectivity index (χ0n) is 14.7. The highest BCUT2D eigenvalue weighted by Crippen LogP contribution is 2.25. The molecule has 4 aromatic rings. The third-order valence-corrected chi connectivity index (χ3v) is 5.60. The van der Waals surface area contributed by atoms with Crippen LogP contribution in [0.5, 0.6) is 0 Å². The van der Waals surface area contributed by atoms with Crippen molar-refractivity contribution in [2.24, 2.45) is 0 Å². The molecule has 3 heterocycles. The number of nitrogens with zero attached hydrogens (tertiary/aromatic N) is 5. The predicted molar refractivity (Wildman–Crippen MR) is 107 cm³/mol. The van der Waals surface area contributed by atoms with Crippen molar-refractivity contribution in [3.05, 3.63) is 57.9 Å². The second-order valence-corrected chi connectivity index (χ2v) is 7.47. The van der Waals surface area contributed by atoms with E-state index >= 15 is 0 Å². The Morgan fingerprint density at radius 1 is 1.22 bits per heavy atom. The van der Waals surface area contributed by atoms with Gasteiger partial charge in [0.2, 0.25) is 5.13 Å². The number of benzene rings is 1. The SMILES string of the molecule is CCc1ccccc1-n1nnc(-c2nsc(NC(=O)c3cccs3)n2)c1C. The Hall–Kier alpha value is -2.91. The fraction of sp³-hybridized carbons (Fsp3) is 0.167. The number of aryl methyl sites for hydroxylation is 1. The molecule has 0 bridgehead atoms. The van der Waals surface area contributed by atoms with E-state index in [2.05, 4.69) is 38.0 Å². The van der Waals surface area contributed by atoms with E-state index < -0.39 is 0 Å². The summed E-state index contributed by atoms with van der Waals surface area (Å²) in [6.07, 6.45) is 0.901. The summed E-state index contributed by atoms with van der Waals surface area (Å²) < 4.78 is 6.14. The third kappa shape index (κ3) is 3.38. The molecule has 0 unspecified atom stereocenters. The fourth-order valence-corrected chi connectivity index (χ4v) is 3.90. The van der Waals surface area contributed by atoms with Gasteiger partial charge in [-0.05, 0) is 36.4 Å². The topological polar surface area (TPSA) is 85.6 Å². The van der Waals surface area contributed by atoms with Gasteiger partial charge < -0.3 is 0 Å². The van der Waals surface area contributed by atoms with Crippen molar-refractivity contribution in [2.45, 2.75) is 20.3 Å². The monoisotopic (exact) mass is 396 g/mol. The van der Waals surface area contributed by atoms with Gasteiger partial charge in [-0.1, -0.05) is 36.4 Å². The average Bonchev–Trinajstić information content (AvgIpc) is 3.42. The summed E-state index contributed by atoms with van der Waals surface area (Å²) in [6, 6.07) is 11.7. The van der Waals surface area contributed by atoms with E-state index in [1.54, 1.807) is 10.7 Å². The molecule has 0 saturated carbocycles. The summed E-state index contributed by atoms with van der Waals surface area (Å²) in [5.74, 6) is 0.268. The van der Waals surface area contributed by atoms with Crippen molar-refractivity contribution in [3.8, 4) is 17.2 Å². The van der Waals surface area contributed by atoms with E-state index in [1.807, 2.05) is 36.6 Å². The van der Waals surface area contributed by atoms with Crippen LogP contribution in [-0.4, -0.2) is 30.3 Å². The number of carbonyl (C=O) groups is 1. The molecule has 136 valence electrons. The maximum absolute atomic E-state index is 12.2. The van der Waals surface area contributed by atoms with Gasteiger partial charge in [0.15, 0.2) is 11.5 Å². The Morgan fingerprint density at radius 2 is 2.07 bits per heavy atom. The van der Waals surface area contributed by atoms with Crippen LogP contribution in [0.1, 0.15) is 27.9 Å². The molecule has 9 heteroatoms. The number of aromatic nitrogens is 5. The second-order valence-electron chi connectivity index (χ2n) is 5.77. The predicted octanol–water partition coefficient (Wildman–Crippen LogP) is 3.97. The lowest BCUT2D eigenvalue weighted by Gasteiger charge is -2.08. The van der Waals surface area contributed by atoms with Gasteiger partial charge >= 0.3 is 0 Å². The minimum Gasteiger partial charge on any atom is -0.296 e. The lowest BCUT2D eigenvalue weighted by atomic mass is 10.1. The standard InChI is InChI=1S/C18H16N6OS2/c1-3-12-7-4-5-8-13(12)24-11(2)15(21-23-24)16-19-18(27-22-16)20-17(25)14-9-6-10-26-14/h4-10H,3H2,1-2H3,(H,19,20,22,25). The molecular formula is C18H16N6OS2. The van der Waals surface area contributed by atoms with Gasteiger partial charge in [0.05, 0.1) is 16.3 Å². The zero-order valence-corrected chi connectivity index (χ0v) is 16.3. The Morgan fingerprint density at radius 3 is 2.85 bits per heavy atom. The molecule has 3 aromatic heterocycles. The number of anilines is 1. The van der Waals surface area contributed by atoms with Gasteiger partial charge in [-0.3, -0.25) is 10.1 Å². The van der Waals surface area contributed by atoms with Crippen LogP contribution >= 0.6 is 22.9 Å². The largest absolute Gasteiger partial charge is 0.296 e. The van der Waals surface area contributed by atoms with E-state index in [4.69, 9.17) is 0 Å². The molecular weight excluding hydrogens is 380 g/mol. The number of rotatable bonds is 5. The van der Waals surface area contributed by atoms with Gasteiger partial charge in [0, 0.05) is 11.5 Å². The maximum atomic E-state index is 12.2. The normalized spacial score (nSPS) is 10.9. The maximum Gasteiger partial charge on any atom is 0.267 e. The van der Waals surface area contributed by atoms with E-state index in [0.717, 1.165) is 29.3 Å². The van der Waals surface area contributed by atoms with Gasteiger partial charge in [0.25, 0.3) is 5.91 Å². The van der Waals surface area contributed by atoms with Crippen LogP contribution in [0.15, 0.2) is 41.8 Å². The summed E-state index contributed by atoms with van der Waals surface area (Å²) in [5.41, 5.74) is 3.64. The first kappa shape index (κ1) is 17.5. The molecule has 1 aromatic carbocycles. The lowest BCUT2D eigenvalue weighted by Crippen LogP contribution is -2.09. The van der Waals surface area contributed by atoms with E-state index in [0.29, 0.717) is 21.5 Å². The average molecular weight is 397 g/mol. The van der Waals surface area contributed by atoms with Crippen molar-refractivity contribution in [3.63, 3.8) is 0 Å². The molecule has 0 aliphatic heterocycles. The molecule has 0 spiro atoms. The highest BCUT2D eigenvalue weighted by atomic mass is 32.1. The minimum atomic E-state index is -0.190. The molecule has 7 nitrogen and oxygen atoms in total. The molecule has 4 rings (SSSR count). The van der Waals surface area contributed by atoms with Crippen LogP contribution in [0.2, 0.25) is 0 Å². The quantitative estimate of drug-likeness (QED) is 0.552. The molecule has 0 aliphatic carbocycles. The summed E-state index contributed by atoms with van der Waals surface area (Å²) in [6.45, 7) is 4.04. The van der Waals surface area contributed by atoms with Crippen molar-refractivity contribution in [1.82, 2.24) is 24.4 Å². The number of amides is 1. The summed E-state index contributed by atoms with van der Waals surface area (Å²) in [7, 11) is 0. The molecule has 0 fully saturated rings. The number of carbonyl (C=O) groups excluding carboxylic acids is 1. The Kier molecular flexibility index (Phi) is 4.78. The Balaban J connectivity index is 1.61. The van der Waals surface area contributed by atoms with Crippen molar-refractivity contribution >= 4 is 33.9 Å². The highest BCUT2D eigenvalue weighted by molar-refractivity contribution is 7.12. The van der Waals surface area contributed by atoms with Crippen LogP contribution < -0.4 is 5.32 Å². The molecule has 0 radical (unpaired) electrons. The van der Waals surface area contributed by atoms with Crippen LogP contribution in [-0.2, 0) is 6.42 Å². The molecule has 1 N–H and O–H groups in total. The minimum absolute atomic E-state index is 0.190. The first-order valence-electron chi connectivity index (χ1n) is 8.37. The van der Waals surface area contributed by atoms with Crippen molar-refractivity contribution in [2.75, 3.05) is 5.32 Å². The summed E-state index contributed by atoms with van der Waals surface area (Å²) in [4.78, 5) is 17.2. The molecule has 0 aliphatic rings. The number of hydrogen-bond acceptors (Lipinski definition) is 7. The Bertz CT molecular complexity index is 1080. The van der Waals surface area contributed by atoms with E-state index in [9.17, 15) is 4.79 Å². The van der Waals surface area contributed by atoms with Crippen LogP contribution in [0.3, 0.4) is 0 Å². The van der Waals surface area contributed by atoms with Gasteiger partial charge in [-0.25, -0.2) is 4.68 Å². The van der Waals surface area contributed by atoms with Gasteiger partial charge in [-0.2, -0.15) is 9.36 Å². The number of hydrogen-bond donors (Lipinski definition) is 1. The number of para-hydroxylation sites is 1. The zero-order chi connectivity index (χ0) is 18.8. The van der Waals surface area contributed by atoms with Crippen molar-refractivity contribution < 1.29 is 4.79 Å². The number of nitrogens with one attached hydrogen (secondary N) is 1. The Labute approximate surface area is 163 Å². The molecule has 1 amide bonds. The van der Waals surface area contributed by atoms with Gasteiger partial charge in [-0.15, -0.1) is 16.4 Å². The van der Waals surface area contributed by atoms with Crippen LogP contribution in [0, 0.1) is 6.92 Å². The molecule has 0 saturated heterocycles. The smallest absolute Gasteiger partial charge is 0.267 e. The molecule has 0 atom stereocenters. The first-order valence-corrected chi connectivity index (χ1v) is 10.0. The first-order chi connectivity index (χ1) is 13.2. The summed E-state index contributed by atoms with van der Waals surface area (Å²) in [5, 5.41) is 13.6. The van der Waals surface area contributed by atoms with Crippen molar-refractivity contribution in [1.29, 1.82) is 0 Å². The van der Waals surface area contributed by atoms with E-state index in [-0.39, 0.29) is 5.91 Å². The number of thiophene rings is 1. The third-order valence-electron chi connectivity index (χ3n) is 4.10. The fourth-order valence-electron chi connectivity index (χ4n) is 2.72. The highest BCUT2D eigenvalue weighted by Gasteiger charge is 2.18. The molecule has 27 heavy (non-hydrogen) atoms. The summed E-state index contributed by atoms with van der Waals surface area (Å²) >= 11 is 2.50. The van der Waals surface area contributed by atoms with Gasteiger partial charge in [0.1, 0.15) is 0 Å². The van der Waals surface area contributed by atoms with E-state index in [1.165, 1.54) is 16.9 Å². The second kappa shape index (κ2) is 7.37. The van der Waals surface area contributed by atoms with Crippen LogP contribution in [0.4, 0.5) is 5.13 Å². The van der Waals surface area contributed by atoms with Crippen LogP contribution in [0.25, 0.3) is 17.2 Å².